The molecule has 4 nitrogen and oxygen atoms in total. The van der Waals surface area contributed by atoms with Crippen LogP contribution in [0, 0.1) is 0 Å². The van der Waals surface area contributed by atoms with E-state index in [0.717, 1.165) is 60.1 Å². The van der Waals surface area contributed by atoms with E-state index in [9.17, 15) is 4.79 Å². The van der Waals surface area contributed by atoms with Crippen LogP contribution in [0.2, 0.25) is 5.02 Å². The highest BCUT2D eigenvalue weighted by Crippen LogP contribution is 2.34. The normalized spacial score (nSPS) is 18.8. The zero-order chi connectivity index (χ0) is 17.4. The fraction of sp³-hybridized carbons (Fsp3) is 0.300. The molecule has 128 valence electrons. The van der Waals surface area contributed by atoms with E-state index in [-0.39, 0.29) is 0 Å². The van der Waals surface area contributed by atoms with Crippen LogP contribution in [0.3, 0.4) is 0 Å². The number of carbonyl (C=O) groups excluding carboxylic acids is 1. The van der Waals surface area contributed by atoms with E-state index < -0.39 is 0 Å². The number of aldehydes is 1. The van der Waals surface area contributed by atoms with Crippen LogP contribution in [0.5, 0.6) is 0 Å². The smallest absolute Gasteiger partial charge is 0.170 e. The van der Waals surface area contributed by atoms with Crippen LogP contribution < -0.4 is 0 Å². The molecule has 2 aromatic carbocycles. The van der Waals surface area contributed by atoms with Crippen molar-refractivity contribution in [2.24, 2.45) is 4.99 Å². The minimum atomic E-state index is 0.528. The van der Waals surface area contributed by atoms with Crippen molar-refractivity contribution in [1.82, 2.24) is 9.80 Å². The number of rotatable bonds is 3. The van der Waals surface area contributed by atoms with Crippen molar-refractivity contribution in [3.8, 4) is 0 Å². The largest absolute Gasteiger partial charge is 0.367 e. The minimum Gasteiger partial charge on any atom is -0.367 e. The first-order valence-electron chi connectivity index (χ1n) is 8.52. The molecule has 1 saturated heterocycles. The average Bonchev–Trinajstić information content (AvgIpc) is 3.05. The van der Waals surface area contributed by atoms with Gasteiger partial charge in [-0.05, 0) is 35.5 Å². The molecular formula is C20H20ClN3O. The van der Waals surface area contributed by atoms with Gasteiger partial charge in [-0.3, -0.25) is 9.79 Å². The quantitative estimate of drug-likeness (QED) is 0.795. The Labute approximate surface area is 152 Å². The summed E-state index contributed by atoms with van der Waals surface area (Å²) in [5.41, 5.74) is 3.72. The second-order valence-corrected chi connectivity index (χ2v) is 7.05. The fourth-order valence-electron chi connectivity index (χ4n) is 3.68. The van der Waals surface area contributed by atoms with E-state index in [2.05, 4.69) is 34.0 Å². The summed E-state index contributed by atoms with van der Waals surface area (Å²) in [7, 11) is 2.13. The van der Waals surface area contributed by atoms with Gasteiger partial charge in [-0.2, -0.15) is 0 Å². The number of benzene rings is 2. The lowest BCUT2D eigenvalue weighted by molar-refractivity contribution is -0.102. The van der Waals surface area contributed by atoms with Crippen molar-refractivity contribution in [3.63, 3.8) is 0 Å². The second-order valence-electron chi connectivity index (χ2n) is 6.61. The molecule has 2 heterocycles. The maximum atomic E-state index is 11.6. The molecule has 0 amide bonds. The van der Waals surface area contributed by atoms with Crippen LogP contribution in [0.1, 0.15) is 5.56 Å². The average molecular weight is 354 g/mol. The van der Waals surface area contributed by atoms with Crippen LogP contribution in [0.25, 0.3) is 16.3 Å². The molecule has 2 aromatic rings. The highest BCUT2D eigenvalue weighted by atomic mass is 35.5. The summed E-state index contributed by atoms with van der Waals surface area (Å²) in [6.45, 7) is 4.31. The van der Waals surface area contributed by atoms with Crippen LogP contribution in [-0.2, 0) is 4.79 Å². The van der Waals surface area contributed by atoms with Crippen molar-refractivity contribution < 1.29 is 4.79 Å². The first-order chi connectivity index (χ1) is 12.2. The Hall–Kier alpha value is -2.17. The van der Waals surface area contributed by atoms with E-state index in [0.29, 0.717) is 17.3 Å². The number of piperazine rings is 1. The highest BCUT2D eigenvalue weighted by Gasteiger charge is 2.28. The molecule has 2 aliphatic rings. The van der Waals surface area contributed by atoms with Crippen molar-refractivity contribution in [2.75, 3.05) is 39.8 Å². The fourth-order valence-corrected chi connectivity index (χ4v) is 3.91. The van der Waals surface area contributed by atoms with E-state index in [4.69, 9.17) is 11.6 Å². The monoisotopic (exact) mass is 353 g/mol. The maximum Gasteiger partial charge on any atom is 0.170 e. The molecule has 0 aromatic heterocycles. The summed E-state index contributed by atoms with van der Waals surface area (Å²) in [5.74, 6) is 0. The predicted molar refractivity (Wildman–Crippen MR) is 103 cm³/mol. The molecule has 0 aliphatic carbocycles. The summed E-state index contributed by atoms with van der Waals surface area (Å²) < 4.78 is 0. The molecule has 4 rings (SSSR count). The minimum absolute atomic E-state index is 0.528. The number of likely N-dealkylation sites (N-methyl/N-ethyl adjacent to an activating group) is 1. The van der Waals surface area contributed by atoms with Crippen LogP contribution in [0.15, 0.2) is 47.1 Å². The van der Waals surface area contributed by atoms with Gasteiger partial charge in [0.05, 0.1) is 12.2 Å². The lowest BCUT2D eigenvalue weighted by Gasteiger charge is -2.35. The summed E-state index contributed by atoms with van der Waals surface area (Å²) in [4.78, 5) is 20.7. The van der Waals surface area contributed by atoms with Gasteiger partial charge in [0.1, 0.15) is 5.71 Å². The maximum absolute atomic E-state index is 11.6. The van der Waals surface area contributed by atoms with Gasteiger partial charge >= 0.3 is 0 Å². The summed E-state index contributed by atoms with van der Waals surface area (Å²) >= 11 is 6.38. The molecule has 0 atom stereocenters. The lowest BCUT2D eigenvalue weighted by Crippen LogP contribution is -2.45. The Morgan fingerprint density at radius 1 is 1.12 bits per heavy atom. The zero-order valence-electron chi connectivity index (χ0n) is 14.2. The number of allylic oxidation sites excluding steroid dienone is 1. The van der Waals surface area contributed by atoms with Crippen molar-refractivity contribution in [3.05, 3.63) is 52.7 Å². The third kappa shape index (κ3) is 2.96. The van der Waals surface area contributed by atoms with Crippen LogP contribution >= 0.6 is 11.6 Å². The first kappa shape index (κ1) is 16.3. The zero-order valence-corrected chi connectivity index (χ0v) is 15.0. The standard InChI is InChI=1S/C20H20ClN3O/c1-23-6-8-24(9-7-23)20-18(12-22-19(20)13-25)17-11-15(21)10-14-4-2-3-5-16(14)17/h2-5,10-11,13H,6-9,12H2,1H3. The third-order valence-corrected chi connectivity index (χ3v) is 5.24. The van der Waals surface area contributed by atoms with E-state index in [1.807, 2.05) is 24.3 Å². The molecule has 5 heteroatoms. The number of nitrogens with zero attached hydrogens (tertiary/aromatic N) is 3. The molecule has 25 heavy (non-hydrogen) atoms. The van der Waals surface area contributed by atoms with E-state index in [1.54, 1.807) is 0 Å². The summed E-state index contributed by atoms with van der Waals surface area (Å²) in [5, 5.41) is 2.96. The molecule has 0 spiro atoms. The van der Waals surface area contributed by atoms with E-state index >= 15 is 0 Å². The molecule has 0 saturated carbocycles. The Bertz CT molecular complexity index is 895. The number of hydrogen-bond donors (Lipinski definition) is 0. The first-order valence-corrected chi connectivity index (χ1v) is 8.90. The molecule has 0 radical (unpaired) electrons. The molecule has 1 fully saturated rings. The van der Waals surface area contributed by atoms with Gasteiger partial charge in [0.15, 0.2) is 6.29 Å². The number of hydrogen-bond acceptors (Lipinski definition) is 4. The third-order valence-electron chi connectivity index (χ3n) is 5.02. The Kier molecular flexibility index (Phi) is 4.32. The van der Waals surface area contributed by atoms with Gasteiger partial charge in [0.2, 0.25) is 0 Å². The summed E-state index contributed by atoms with van der Waals surface area (Å²) in [6, 6.07) is 12.2. The number of aliphatic imine (C=N–C) groups is 1. The second kappa shape index (κ2) is 6.62. The van der Waals surface area contributed by atoms with Gasteiger partial charge in [0, 0.05) is 36.8 Å². The molecule has 2 aliphatic heterocycles. The lowest BCUT2D eigenvalue weighted by atomic mass is 9.96. The molecule has 0 bridgehead atoms. The predicted octanol–water partition coefficient (Wildman–Crippen LogP) is 3.11. The summed E-state index contributed by atoms with van der Waals surface area (Å²) in [6.07, 6.45) is 0.882. The van der Waals surface area contributed by atoms with Gasteiger partial charge in [0.25, 0.3) is 0 Å². The van der Waals surface area contributed by atoms with Gasteiger partial charge < -0.3 is 9.80 Å². The van der Waals surface area contributed by atoms with Gasteiger partial charge in [-0.1, -0.05) is 35.9 Å². The topological polar surface area (TPSA) is 35.9 Å². The number of carbonyl (C=O) groups is 1. The highest BCUT2D eigenvalue weighted by molar-refractivity contribution is 6.39. The van der Waals surface area contributed by atoms with Crippen molar-refractivity contribution in [2.45, 2.75) is 0 Å². The Morgan fingerprint density at radius 2 is 1.88 bits per heavy atom. The van der Waals surface area contributed by atoms with Crippen molar-refractivity contribution in [1.29, 1.82) is 0 Å². The Balaban J connectivity index is 1.87. The molecule has 0 N–H and O–H groups in total. The number of halogens is 1. The SMILES string of the molecule is CN1CCN(C2=C(c3cc(Cl)cc4ccccc34)CN=C2C=O)CC1. The van der Waals surface area contributed by atoms with E-state index in [1.165, 1.54) is 0 Å². The van der Waals surface area contributed by atoms with Crippen molar-refractivity contribution >= 4 is 39.9 Å². The van der Waals surface area contributed by atoms with Gasteiger partial charge in [-0.25, -0.2) is 0 Å². The van der Waals surface area contributed by atoms with Crippen LogP contribution in [0.4, 0.5) is 0 Å². The molecule has 0 unspecified atom stereocenters. The Morgan fingerprint density at radius 3 is 2.64 bits per heavy atom. The van der Waals surface area contributed by atoms with Gasteiger partial charge in [-0.15, -0.1) is 0 Å². The van der Waals surface area contributed by atoms with Crippen LogP contribution in [-0.4, -0.2) is 61.6 Å². The molecular weight excluding hydrogens is 334 g/mol. The number of fused-ring (bicyclic) bond motifs is 1.